The van der Waals surface area contributed by atoms with E-state index in [2.05, 4.69) is 9.97 Å². The molecular formula is C10H9ClN2O2. The number of aromatic nitrogens is 2. The highest BCUT2D eigenvalue weighted by Crippen LogP contribution is 2.15. The van der Waals surface area contributed by atoms with Crippen molar-refractivity contribution < 1.29 is 5.11 Å². The average molecular weight is 225 g/mol. The Kier molecular flexibility index (Phi) is 2.46. The molecule has 0 bridgehead atoms. The lowest BCUT2D eigenvalue weighted by Gasteiger charge is -2.04. The Morgan fingerprint density at radius 1 is 1.53 bits per heavy atom. The molecule has 0 aliphatic rings. The molecule has 0 spiro atoms. The summed E-state index contributed by atoms with van der Waals surface area (Å²) in [4.78, 5) is 18.2. The number of hydrogen-bond acceptors (Lipinski definition) is 3. The topological polar surface area (TPSA) is 66.0 Å². The van der Waals surface area contributed by atoms with Crippen LogP contribution in [0.3, 0.4) is 0 Å². The molecule has 0 aliphatic heterocycles. The Bertz CT molecular complexity index is 563. The van der Waals surface area contributed by atoms with Crippen molar-refractivity contribution in [3.05, 3.63) is 39.4 Å². The molecule has 2 rings (SSSR count). The van der Waals surface area contributed by atoms with E-state index in [1.165, 1.54) is 0 Å². The first kappa shape index (κ1) is 10.1. The van der Waals surface area contributed by atoms with Crippen LogP contribution in [0, 0.1) is 0 Å². The summed E-state index contributed by atoms with van der Waals surface area (Å²) in [5, 5.41) is 10.2. The van der Waals surface area contributed by atoms with E-state index in [1.54, 1.807) is 25.1 Å². The summed E-state index contributed by atoms with van der Waals surface area (Å²) in [5.41, 5.74) is 0.234. The van der Waals surface area contributed by atoms with Gasteiger partial charge < -0.3 is 10.1 Å². The Balaban J connectivity index is 2.79. The van der Waals surface area contributed by atoms with E-state index >= 15 is 0 Å². The molecule has 1 heterocycles. The minimum absolute atomic E-state index is 0.259. The van der Waals surface area contributed by atoms with Gasteiger partial charge in [-0.1, -0.05) is 11.6 Å². The van der Waals surface area contributed by atoms with Crippen LogP contribution in [-0.2, 0) is 0 Å². The van der Waals surface area contributed by atoms with Crippen molar-refractivity contribution in [1.29, 1.82) is 0 Å². The molecular weight excluding hydrogens is 216 g/mol. The van der Waals surface area contributed by atoms with Gasteiger partial charge in [-0.2, -0.15) is 0 Å². The van der Waals surface area contributed by atoms with Gasteiger partial charge in [0.05, 0.1) is 10.9 Å². The van der Waals surface area contributed by atoms with Crippen LogP contribution in [0.4, 0.5) is 0 Å². The predicted octanol–water partition coefficient (Wildman–Crippen LogP) is 1.63. The van der Waals surface area contributed by atoms with E-state index in [1.807, 2.05) is 0 Å². The molecule has 5 heteroatoms. The largest absolute Gasteiger partial charge is 0.385 e. The maximum atomic E-state index is 11.6. The number of aliphatic hydroxyl groups is 1. The zero-order valence-electron chi connectivity index (χ0n) is 7.99. The Labute approximate surface area is 90.5 Å². The summed E-state index contributed by atoms with van der Waals surface area (Å²) in [6.45, 7) is 1.54. The third kappa shape index (κ3) is 1.86. The van der Waals surface area contributed by atoms with Crippen molar-refractivity contribution in [3.63, 3.8) is 0 Å². The second kappa shape index (κ2) is 3.64. The van der Waals surface area contributed by atoms with Crippen molar-refractivity contribution >= 4 is 22.5 Å². The van der Waals surface area contributed by atoms with Gasteiger partial charge in [-0.3, -0.25) is 4.79 Å². The summed E-state index contributed by atoms with van der Waals surface area (Å²) >= 11 is 5.76. The number of benzene rings is 1. The molecule has 0 fully saturated rings. The number of aliphatic hydroxyl groups excluding tert-OH is 1. The van der Waals surface area contributed by atoms with Crippen LogP contribution in [0.1, 0.15) is 18.9 Å². The minimum Gasteiger partial charge on any atom is -0.385 e. The van der Waals surface area contributed by atoms with E-state index in [4.69, 9.17) is 11.6 Å². The molecule has 0 radical (unpaired) electrons. The number of H-pyrrole nitrogens is 1. The Morgan fingerprint density at radius 2 is 2.27 bits per heavy atom. The van der Waals surface area contributed by atoms with Gasteiger partial charge in [0, 0.05) is 5.02 Å². The molecule has 0 saturated heterocycles. The van der Waals surface area contributed by atoms with Gasteiger partial charge in [0.15, 0.2) is 0 Å². The van der Waals surface area contributed by atoms with Gasteiger partial charge in [-0.25, -0.2) is 4.98 Å². The zero-order valence-corrected chi connectivity index (χ0v) is 8.75. The number of aromatic amines is 1. The van der Waals surface area contributed by atoms with Crippen LogP contribution in [-0.4, -0.2) is 15.1 Å². The lowest BCUT2D eigenvalue weighted by molar-refractivity contribution is 0.189. The highest BCUT2D eigenvalue weighted by molar-refractivity contribution is 6.31. The number of halogens is 1. The highest BCUT2D eigenvalue weighted by Gasteiger charge is 2.07. The lowest BCUT2D eigenvalue weighted by Crippen LogP contribution is -2.13. The summed E-state index contributed by atoms with van der Waals surface area (Å²) in [6.07, 6.45) is -0.794. The van der Waals surface area contributed by atoms with Crippen LogP contribution in [0.25, 0.3) is 10.9 Å². The number of rotatable bonds is 1. The maximum absolute atomic E-state index is 11.6. The summed E-state index contributed by atoms with van der Waals surface area (Å²) in [6, 6.07) is 4.86. The predicted molar refractivity (Wildman–Crippen MR) is 58.0 cm³/mol. The molecule has 0 saturated carbocycles. The van der Waals surface area contributed by atoms with Gasteiger partial charge >= 0.3 is 0 Å². The molecule has 15 heavy (non-hydrogen) atoms. The Hall–Kier alpha value is -1.39. The fraction of sp³-hybridized carbons (Fsp3) is 0.200. The number of nitrogens with zero attached hydrogens (tertiary/aromatic N) is 1. The second-order valence-corrected chi connectivity index (χ2v) is 3.73. The fourth-order valence-electron chi connectivity index (χ4n) is 1.33. The van der Waals surface area contributed by atoms with Crippen LogP contribution in [0.5, 0.6) is 0 Å². The third-order valence-electron chi connectivity index (χ3n) is 2.08. The van der Waals surface area contributed by atoms with E-state index in [0.717, 1.165) is 0 Å². The quantitative estimate of drug-likeness (QED) is 0.774. The van der Waals surface area contributed by atoms with Gasteiger partial charge in [0.1, 0.15) is 11.9 Å². The number of fused-ring (bicyclic) bond motifs is 1. The highest BCUT2D eigenvalue weighted by atomic mass is 35.5. The molecule has 0 amide bonds. The lowest BCUT2D eigenvalue weighted by atomic mass is 10.2. The molecule has 78 valence electrons. The smallest absolute Gasteiger partial charge is 0.258 e. The van der Waals surface area contributed by atoms with Crippen LogP contribution in [0.2, 0.25) is 5.02 Å². The monoisotopic (exact) mass is 224 g/mol. The summed E-state index contributed by atoms with van der Waals surface area (Å²) in [5.74, 6) is 0.259. The standard InChI is InChI=1S/C10H9ClN2O2/c1-5(14)9-12-8-3-2-6(11)4-7(8)10(15)13-9/h2-5,14H,1H3,(H,12,13,15)/t5-/m1/s1. The fourth-order valence-corrected chi connectivity index (χ4v) is 1.50. The third-order valence-corrected chi connectivity index (χ3v) is 2.32. The molecule has 1 atom stereocenters. The normalized spacial score (nSPS) is 13.0. The van der Waals surface area contributed by atoms with Gasteiger partial charge in [-0.05, 0) is 25.1 Å². The number of hydrogen-bond donors (Lipinski definition) is 2. The van der Waals surface area contributed by atoms with Gasteiger partial charge in [0.2, 0.25) is 0 Å². The van der Waals surface area contributed by atoms with E-state index in [9.17, 15) is 9.90 Å². The summed E-state index contributed by atoms with van der Waals surface area (Å²) < 4.78 is 0. The second-order valence-electron chi connectivity index (χ2n) is 3.29. The number of nitrogens with one attached hydrogen (secondary N) is 1. The van der Waals surface area contributed by atoms with Crippen molar-refractivity contribution in [2.75, 3.05) is 0 Å². The van der Waals surface area contributed by atoms with E-state index in [-0.39, 0.29) is 11.4 Å². The van der Waals surface area contributed by atoms with E-state index < -0.39 is 6.10 Å². The van der Waals surface area contributed by atoms with Crippen molar-refractivity contribution in [2.24, 2.45) is 0 Å². The molecule has 4 nitrogen and oxygen atoms in total. The maximum Gasteiger partial charge on any atom is 0.258 e. The SMILES string of the molecule is C[C@@H](O)c1nc2ccc(Cl)cc2c(=O)[nH]1. The first-order chi connectivity index (χ1) is 7.08. The van der Waals surface area contributed by atoms with Crippen molar-refractivity contribution in [3.8, 4) is 0 Å². The zero-order chi connectivity index (χ0) is 11.0. The van der Waals surface area contributed by atoms with Gasteiger partial charge in [0.25, 0.3) is 5.56 Å². The first-order valence-electron chi connectivity index (χ1n) is 4.45. The molecule has 1 aromatic carbocycles. The van der Waals surface area contributed by atoms with E-state index in [0.29, 0.717) is 15.9 Å². The average Bonchev–Trinajstić information content (AvgIpc) is 2.18. The molecule has 2 aromatic rings. The van der Waals surface area contributed by atoms with Crippen LogP contribution in [0.15, 0.2) is 23.0 Å². The molecule has 0 unspecified atom stereocenters. The minimum atomic E-state index is -0.794. The molecule has 1 aromatic heterocycles. The van der Waals surface area contributed by atoms with Crippen LogP contribution < -0.4 is 5.56 Å². The Morgan fingerprint density at radius 3 is 2.93 bits per heavy atom. The van der Waals surface area contributed by atoms with Crippen molar-refractivity contribution in [2.45, 2.75) is 13.0 Å². The first-order valence-corrected chi connectivity index (χ1v) is 4.83. The summed E-state index contributed by atoms with van der Waals surface area (Å²) in [7, 11) is 0. The van der Waals surface area contributed by atoms with Crippen LogP contribution >= 0.6 is 11.6 Å². The molecule has 0 aliphatic carbocycles. The molecule has 2 N–H and O–H groups in total. The van der Waals surface area contributed by atoms with Gasteiger partial charge in [-0.15, -0.1) is 0 Å². The van der Waals surface area contributed by atoms with Crippen molar-refractivity contribution in [1.82, 2.24) is 9.97 Å².